The molecule has 0 saturated carbocycles. The summed E-state index contributed by atoms with van der Waals surface area (Å²) >= 11 is 1.83. The molecule has 2 rings (SSSR count). The van der Waals surface area contributed by atoms with E-state index in [4.69, 9.17) is 0 Å². The Hall–Kier alpha value is -0.420. The first-order chi connectivity index (χ1) is 9.54. The third kappa shape index (κ3) is 4.85. The molecule has 20 heavy (non-hydrogen) atoms. The number of nitrogens with one attached hydrogen (secondary N) is 1. The molecule has 0 aliphatic carbocycles. The first-order valence-corrected chi connectivity index (χ1v) is 8.56. The van der Waals surface area contributed by atoms with Gasteiger partial charge in [-0.05, 0) is 57.8 Å². The van der Waals surface area contributed by atoms with Gasteiger partial charge in [0.05, 0.1) is 6.10 Å². The lowest BCUT2D eigenvalue weighted by atomic mass is 9.99. The van der Waals surface area contributed by atoms with Gasteiger partial charge < -0.3 is 15.3 Å². The standard InChI is InChI=1S/C16H28N2OS/c1-12-6-8-18(9-7-12)11-15(19)10-17-14(3)16-5-4-13(2)20-16/h4-5,12,14-15,17,19H,6-11H2,1-3H3. The summed E-state index contributed by atoms with van der Waals surface area (Å²) in [5.74, 6) is 0.851. The van der Waals surface area contributed by atoms with Crippen molar-refractivity contribution in [2.75, 3.05) is 26.2 Å². The third-order valence-corrected chi connectivity index (χ3v) is 5.38. The molecule has 2 unspecified atom stereocenters. The van der Waals surface area contributed by atoms with Gasteiger partial charge >= 0.3 is 0 Å². The maximum absolute atomic E-state index is 10.2. The second-order valence-corrected chi connectivity index (χ2v) is 7.53. The van der Waals surface area contributed by atoms with E-state index in [2.05, 4.69) is 43.1 Å². The van der Waals surface area contributed by atoms with E-state index in [1.54, 1.807) is 0 Å². The van der Waals surface area contributed by atoms with Gasteiger partial charge in [-0.1, -0.05) is 6.92 Å². The molecule has 0 radical (unpaired) electrons. The minimum absolute atomic E-state index is 0.271. The zero-order chi connectivity index (χ0) is 14.5. The minimum Gasteiger partial charge on any atom is -0.390 e. The molecular weight excluding hydrogens is 268 g/mol. The fraction of sp³-hybridized carbons (Fsp3) is 0.750. The normalized spacial score (nSPS) is 21.0. The molecule has 0 aromatic carbocycles. The average Bonchev–Trinajstić information content (AvgIpc) is 2.85. The summed E-state index contributed by atoms with van der Waals surface area (Å²) in [6.45, 7) is 10.4. The first-order valence-electron chi connectivity index (χ1n) is 7.74. The summed E-state index contributed by atoms with van der Waals surface area (Å²) in [6, 6.07) is 4.66. The van der Waals surface area contributed by atoms with Gasteiger partial charge in [-0.15, -0.1) is 11.3 Å². The van der Waals surface area contributed by atoms with E-state index < -0.39 is 0 Å². The number of nitrogens with zero attached hydrogens (tertiary/aromatic N) is 1. The average molecular weight is 296 g/mol. The van der Waals surface area contributed by atoms with Crippen molar-refractivity contribution >= 4 is 11.3 Å². The van der Waals surface area contributed by atoms with Crippen LogP contribution in [-0.4, -0.2) is 42.3 Å². The monoisotopic (exact) mass is 296 g/mol. The molecule has 1 aliphatic heterocycles. The summed E-state index contributed by atoms with van der Waals surface area (Å²) < 4.78 is 0. The van der Waals surface area contributed by atoms with Crippen molar-refractivity contribution in [3.8, 4) is 0 Å². The lowest BCUT2D eigenvalue weighted by Crippen LogP contribution is -2.42. The van der Waals surface area contributed by atoms with Gasteiger partial charge in [0.2, 0.25) is 0 Å². The molecule has 0 spiro atoms. The van der Waals surface area contributed by atoms with Crippen LogP contribution in [0.5, 0.6) is 0 Å². The van der Waals surface area contributed by atoms with Gasteiger partial charge in [-0.3, -0.25) is 0 Å². The molecule has 4 heteroatoms. The van der Waals surface area contributed by atoms with Crippen LogP contribution in [0, 0.1) is 12.8 Å². The Morgan fingerprint density at radius 2 is 2.10 bits per heavy atom. The number of likely N-dealkylation sites (tertiary alicyclic amines) is 1. The molecule has 3 nitrogen and oxygen atoms in total. The smallest absolute Gasteiger partial charge is 0.0791 e. The predicted molar refractivity (Wildman–Crippen MR) is 86.3 cm³/mol. The molecule has 1 saturated heterocycles. The van der Waals surface area contributed by atoms with Crippen LogP contribution in [-0.2, 0) is 0 Å². The van der Waals surface area contributed by atoms with Crippen LogP contribution in [0.1, 0.15) is 42.5 Å². The van der Waals surface area contributed by atoms with Gasteiger partial charge in [-0.2, -0.15) is 0 Å². The molecule has 1 aromatic rings. The maximum Gasteiger partial charge on any atom is 0.0791 e. The van der Waals surface area contributed by atoms with Crippen LogP contribution in [0.4, 0.5) is 0 Å². The van der Waals surface area contributed by atoms with E-state index in [1.165, 1.54) is 22.6 Å². The summed E-state index contributed by atoms with van der Waals surface area (Å²) in [5, 5.41) is 13.6. The van der Waals surface area contributed by atoms with Crippen molar-refractivity contribution in [2.24, 2.45) is 5.92 Å². The van der Waals surface area contributed by atoms with Gasteiger partial charge in [0.25, 0.3) is 0 Å². The Labute approximate surface area is 127 Å². The van der Waals surface area contributed by atoms with Gasteiger partial charge in [0, 0.05) is 28.9 Å². The predicted octanol–water partition coefficient (Wildman–Crippen LogP) is 2.80. The lowest BCUT2D eigenvalue weighted by Gasteiger charge is -2.31. The Bertz CT molecular complexity index is 399. The summed E-state index contributed by atoms with van der Waals surface area (Å²) in [5.41, 5.74) is 0. The van der Waals surface area contributed by atoms with Crippen molar-refractivity contribution in [1.29, 1.82) is 0 Å². The van der Waals surface area contributed by atoms with Crippen LogP contribution >= 0.6 is 11.3 Å². The third-order valence-electron chi connectivity index (χ3n) is 4.19. The first kappa shape index (κ1) is 16.0. The van der Waals surface area contributed by atoms with E-state index >= 15 is 0 Å². The second kappa shape index (κ2) is 7.55. The Morgan fingerprint density at radius 3 is 2.70 bits per heavy atom. The molecule has 1 fully saturated rings. The van der Waals surface area contributed by atoms with Gasteiger partial charge in [0.1, 0.15) is 0 Å². The van der Waals surface area contributed by atoms with Crippen molar-refractivity contribution < 1.29 is 5.11 Å². The Balaban J connectivity index is 1.68. The Kier molecular flexibility index (Phi) is 6.02. The summed E-state index contributed by atoms with van der Waals surface area (Å²) in [6.07, 6.45) is 2.27. The number of thiophene rings is 1. The molecule has 114 valence electrons. The molecule has 0 bridgehead atoms. The number of rotatable bonds is 6. The van der Waals surface area contributed by atoms with Crippen LogP contribution < -0.4 is 5.32 Å². The maximum atomic E-state index is 10.2. The number of hydrogen-bond donors (Lipinski definition) is 2. The van der Waals surface area contributed by atoms with Crippen LogP contribution in [0.3, 0.4) is 0 Å². The van der Waals surface area contributed by atoms with Crippen molar-refractivity contribution in [3.05, 3.63) is 21.9 Å². The molecule has 0 amide bonds. The SMILES string of the molecule is Cc1ccc(C(C)NCC(O)CN2CCC(C)CC2)s1. The fourth-order valence-electron chi connectivity index (χ4n) is 2.71. The topological polar surface area (TPSA) is 35.5 Å². The number of piperidine rings is 1. The highest BCUT2D eigenvalue weighted by atomic mass is 32.1. The van der Waals surface area contributed by atoms with Gasteiger partial charge in [-0.25, -0.2) is 0 Å². The van der Waals surface area contributed by atoms with E-state index in [9.17, 15) is 5.11 Å². The molecule has 2 atom stereocenters. The molecular formula is C16H28N2OS. The largest absolute Gasteiger partial charge is 0.390 e. The number of aliphatic hydroxyl groups is 1. The van der Waals surface area contributed by atoms with Crippen molar-refractivity contribution in [3.63, 3.8) is 0 Å². The minimum atomic E-state index is -0.271. The van der Waals surface area contributed by atoms with E-state index in [0.717, 1.165) is 25.6 Å². The highest BCUT2D eigenvalue weighted by Gasteiger charge is 2.18. The van der Waals surface area contributed by atoms with Crippen LogP contribution in [0.2, 0.25) is 0 Å². The highest BCUT2D eigenvalue weighted by Crippen LogP contribution is 2.22. The van der Waals surface area contributed by atoms with E-state index in [1.807, 2.05) is 11.3 Å². The highest BCUT2D eigenvalue weighted by molar-refractivity contribution is 7.12. The molecule has 1 aliphatic rings. The van der Waals surface area contributed by atoms with E-state index in [-0.39, 0.29) is 6.10 Å². The zero-order valence-electron chi connectivity index (χ0n) is 12.9. The number of β-amino-alcohol motifs (C(OH)–C–C–N with tert-alkyl or cyclic N) is 1. The van der Waals surface area contributed by atoms with Gasteiger partial charge in [0.15, 0.2) is 0 Å². The van der Waals surface area contributed by atoms with E-state index in [0.29, 0.717) is 12.6 Å². The second-order valence-electron chi connectivity index (χ2n) is 6.22. The molecule has 2 N–H and O–H groups in total. The van der Waals surface area contributed by atoms with Crippen LogP contribution in [0.25, 0.3) is 0 Å². The fourth-order valence-corrected chi connectivity index (χ4v) is 3.61. The summed E-state index contributed by atoms with van der Waals surface area (Å²) in [4.78, 5) is 5.09. The number of hydrogen-bond acceptors (Lipinski definition) is 4. The zero-order valence-corrected chi connectivity index (χ0v) is 13.7. The number of aryl methyl sites for hydroxylation is 1. The van der Waals surface area contributed by atoms with Crippen LogP contribution in [0.15, 0.2) is 12.1 Å². The molecule has 1 aromatic heterocycles. The quantitative estimate of drug-likeness (QED) is 0.847. The Morgan fingerprint density at radius 1 is 1.40 bits per heavy atom. The summed E-state index contributed by atoms with van der Waals surface area (Å²) in [7, 11) is 0. The van der Waals surface area contributed by atoms with Crippen molar-refractivity contribution in [1.82, 2.24) is 10.2 Å². The lowest BCUT2D eigenvalue weighted by molar-refractivity contribution is 0.0893. The molecule has 2 heterocycles. The van der Waals surface area contributed by atoms with Crippen molar-refractivity contribution in [2.45, 2.75) is 45.8 Å². The number of aliphatic hydroxyl groups excluding tert-OH is 1.